The summed E-state index contributed by atoms with van der Waals surface area (Å²) < 4.78 is 28.6. The maximum absolute atomic E-state index is 13.9. The average Bonchev–Trinajstić information content (AvgIpc) is 2.89. The standard InChI is InChI=1S/C28H40N4O4S/c1-5-26(28(34)29-24-12-8-6-9-13-24)31(20-23-18-16-22(2)17-19-23)27(33)21-32(37(35,36)30(3)4)25-14-10-7-11-15-25/h7,10-11,14-19,24,26H,5-6,8-9,12-13,20-21H2,1-4H3,(H,29,34)/t26-/m1/s1. The van der Waals surface area contributed by atoms with Crippen LogP contribution in [-0.4, -0.2) is 62.2 Å². The van der Waals surface area contributed by atoms with Gasteiger partial charge in [0.15, 0.2) is 0 Å². The second kappa shape index (κ2) is 13.1. The molecule has 1 atom stereocenters. The number of aryl methyl sites for hydroxylation is 1. The number of carbonyl (C=O) groups excluding carboxylic acids is 2. The van der Waals surface area contributed by atoms with E-state index in [9.17, 15) is 18.0 Å². The summed E-state index contributed by atoms with van der Waals surface area (Å²) in [5, 5.41) is 3.16. The van der Waals surface area contributed by atoms with E-state index >= 15 is 0 Å². The van der Waals surface area contributed by atoms with Crippen molar-refractivity contribution in [1.29, 1.82) is 0 Å². The Kier molecular flexibility index (Phi) is 10.1. The molecule has 0 saturated heterocycles. The van der Waals surface area contributed by atoms with Crippen LogP contribution >= 0.6 is 0 Å². The summed E-state index contributed by atoms with van der Waals surface area (Å²) in [5.41, 5.74) is 2.36. The quantitative estimate of drug-likeness (QED) is 0.480. The third-order valence-corrected chi connectivity index (χ3v) is 8.69. The predicted octanol–water partition coefficient (Wildman–Crippen LogP) is 3.86. The van der Waals surface area contributed by atoms with Crippen LogP contribution in [0.4, 0.5) is 5.69 Å². The van der Waals surface area contributed by atoms with Crippen molar-refractivity contribution in [2.75, 3.05) is 24.9 Å². The normalized spacial score (nSPS) is 15.3. The number of anilines is 1. The van der Waals surface area contributed by atoms with E-state index in [0.717, 1.165) is 45.4 Å². The lowest BCUT2D eigenvalue weighted by atomic mass is 9.95. The highest BCUT2D eigenvalue weighted by atomic mass is 32.2. The maximum atomic E-state index is 13.9. The summed E-state index contributed by atoms with van der Waals surface area (Å²) >= 11 is 0. The van der Waals surface area contributed by atoms with E-state index in [2.05, 4.69) is 5.32 Å². The molecule has 8 nitrogen and oxygen atoms in total. The van der Waals surface area contributed by atoms with Crippen molar-refractivity contribution in [3.8, 4) is 0 Å². The molecule has 1 saturated carbocycles. The number of benzene rings is 2. The van der Waals surface area contributed by atoms with Crippen molar-refractivity contribution >= 4 is 27.7 Å². The van der Waals surface area contributed by atoms with Gasteiger partial charge in [0.25, 0.3) is 0 Å². The third-order valence-electron chi connectivity index (χ3n) is 6.87. The Labute approximate surface area is 221 Å². The van der Waals surface area contributed by atoms with E-state index in [1.165, 1.54) is 25.4 Å². The molecule has 1 aliphatic carbocycles. The van der Waals surface area contributed by atoms with E-state index in [0.29, 0.717) is 12.1 Å². The molecule has 9 heteroatoms. The average molecular weight is 529 g/mol. The molecule has 1 aliphatic rings. The summed E-state index contributed by atoms with van der Waals surface area (Å²) in [4.78, 5) is 28.9. The van der Waals surface area contributed by atoms with E-state index < -0.39 is 28.7 Å². The minimum absolute atomic E-state index is 0.113. The number of carbonyl (C=O) groups is 2. The first-order chi connectivity index (χ1) is 17.6. The van der Waals surface area contributed by atoms with Crippen LogP contribution in [0.3, 0.4) is 0 Å². The Bertz CT molecular complexity index is 1130. The summed E-state index contributed by atoms with van der Waals surface area (Å²) in [6.45, 7) is 3.67. The zero-order chi connectivity index (χ0) is 27.0. The first-order valence-electron chi connectivity index (χ1n) is 13.0. The molecule has 2 aromatic rings. The molecular weight excluding hydrogens is 488 g/mol. The van der Waals surface area contributed by atoms with Gasteiger partial charge in [-0.05, 0) is 43.9 Å². The van der Waals surface area contributed by atoms with Gasteiger partial charge in [0.2, 0.25) is 11.8 Å². The lowest BCUT2D eigenvalue weighted by molar-refractivity contribution is -0.140. The predicted molar refractivity (Wildman–Crippen MR) is 147 cm³/mol. The number of nitrogens with zero attached hydrogens (tertiary/aromatic N) is 3. The van der Waals surface area contributed by atoms with Gasteiger partial charge in [0, 0.05) is 26.7 Å². The Balaban J connectivity index is 1.93. The molecule has 3 rings (SSSR count). The molecule has 1 fully saturated rings. The van der Waals surface area contributed by atoms with Gasteiger partial charge in [-0.25, -0.2) is 4.31 Å². The first-order valence-corrected chi connectivity index (χ1v) is 14.4. The van der Waals surface area contributed by atoms with Crippen LogP contribution in [0.25, 0.3) is 0 Å². The molecule has 0 aromatic heterocycles. The van der Waals surface area contributed by atoms with Gasteiger partial charge >= 0.3 is 10.2 Å². The minimum atomic E-state index is -3.96. The van der Waals surface area contributed by atoms with Crippen molar-refractivity contribution in [2.24, 2.45) is 0 Å². The van der Waals surface area contributed by atoms with E-state index in [1.54, 1.807) is 30.3 Å². The topological polar surface area (TPSA) is 90.0 Å². The van der Waals surface area contributed by atoms with Crippen molar-refractivity contribution in [3.05, 3.63) is 65.7 Å². The minimum Gasteiger partial charge on any atom is -0.352 e. The number of hydrogen-bond acceptors (Lipinski definition) is 4. The summed E-state index contributed by atoms with van der Waals surface area (Å²) in [5.74, 6) is -0.614. The molecule has 2 aromatic carbocycles. The van der Waals surface area contributed by atoms with E-state index in [4.69, 9.17) is 0 Å². The van der Waals surface area contributed by atoms with Crippen LogP contribution < -0.4 is 9.62 Å². The van der Waals surface area contributed by atoms with E-state index in [1.807, 2.05) is 38.1 Å². The SMILES string of the molecule is CC[C@H](C(=O)NC1CCCCC1)N(Cc1ccc(C)cc1)C(=O)CN(c1ccccc1)S(=O)(=O)N(C)C. The second-order valence-corrected chi connectivity index (χ2v) is 12.0. The summed E-state index contributed by atoms with van der Waals surface area (Å²) in [6.07, 6.45) is 5.65. The van der Waals surface area contributed by atoms with Crippen LogP contribution in [0.2, 0.25) is 0 Å². The molecule has 0 radical (unpaired) electrons. The maximum Gasteiger partial charge on any atom is 0.304 e. The van der Waals surface area contributed by atoms with Gasteiger partial charge in [0.05, 0.1) is 5.69 Å². The molecule has 0 bridgehead atoms. The zero-order valence-electron chi connectivity index (χ0n) is 22.4. The fraction of sp³-hybridized carbons (Fsp3) is 0.500. The molecule has 0 unspecified atom stereocenters. The van der Waals surface area contributed by atoms with Gasteiger partial charge in [-0.1, -0.05) is 74.2 Å². The van der Waals surface area contributed by atoms with Crippen LogP contribution in [0.1, 0.15) is 56.6 Å². The molecule has 0 heterocycles. The number of nitrogens with one attached hydrogen (secondary N) is 1. The Morgan fingerprint density at radius 1 is 0.973 bits per heavy atom. The van der Waals surface area contributed by atoms with Crippen molar-refractivity contribution in [2.45, 2.75) is 71.0 Å². The van der Waals surface area contributed by atoms with Crippen LogP contribution in [0, 0.1) is 6.92 Å². The molecule has 202 valence electrons. The van der Waals surface area contributed by atoms with E-state index in [-0.39, 0.29) is 18.5 Å². The molecule has 2 amide bonds. The third kappa shape index (κ3) is 7.55. The molecule has 0 aliphatic heterocycles. The molecular formula is C28H40N4O4S. The second-order valence-electron chi connectivity index (χ2n) is 9.91. The van der Waals surface area contributed by atoms with Gasteiger partial charge in [-0.3, -0.25) is 9.59 Å². The first kappa shape index (κ1) is 28.7. The van der Waals surface area contributed by atoms with Crippen LogP contribution in [0.15, 0.2) is 54.6 Å². The Morgan fingerprint density at radius 3 is 2.16 bits per heavy atom. The highest BCUT2D eigenvalue weighted by molar-refractivity contribution is 7.90. The number of rotatable bonds is 11. The van der Waals surface area contributed by atoms with Crippen LogP contribution in [0.5, 0.6) is 0 Å². The number of amides is 2. The highest BCUT2D eigenvalue weighted by Gasteiger charge is 2.34. The van der Waals surface area contributed by atoms with Gasteiger partial charge in [0.1, 0.15) is 12.6 Å². The molecule has 1 N–H and O–H groups in total. The van der Waals surface area contributed by atoms with Gasteiger partial charge in [-0.15, -0.1) is 0 Å². The van der Waals surface area contributed by atoms with Crippen LogP contribution in [-0.2, 0) is 26.3 Å². The summed E-state index contributed by atoms with van der Waals surface area (Å²) in [6, 6.07) is 15.8. The molecule has 0 spiro atoms. The lowest BCUT2D eigenvalue weighted by Gasteiger charge is -2.35. The fourth-order valence-corrected chi connectivity index (χ4v) is 5.72. The monoisotopic (exact) mass is 528 g/mol. The zero-order valence-corrected chi connectivity index (χ0v) is 23.2. The summed E-state index contributed by atoms with van der Waals surface area (Å²) in [7, 11) is -1.08. The van der Waals surface area contributed by atoms with Crippen molar-refractivity contribution < 1.29 is 18.0 Å². The van der Waals surface area contributed by atoms with Gasteiger partial charge < -0.3 is 10.2 Å². The fourth-order valence-electron chi connectivity index (χ4n) is 4.67. The molecule has 37 heavy (non-hydrogen) atoms. The highest BCUT2D eigenvalue weighted by Crippen LogP contribution is 2.22. The largest absolute Gasteiger partial charge is 0.352 e. The number of hydrogen-bond donors (Lipinski definition) is 1. The lowest BCUT2D eigenvalue weighted by Crippen LogP contribution is -2.54. The Hall–Kier alpha value is -2.91. The Morgan fingerprint density at radius 2 is 1.59 bits per heavy atom. The van der Waals surface area contributed by atoms with Crippen molar-refractivity contribution in [1.82, 2.24) is 14.5 Å². The smallest absolute Gasteiger partial charge is 0.304 e. The number of para-hydroxylation sites is 1. The van der Waals surface area contributed by atoms with Crippen molar-refractivity contribution in [3.63, 3.8) is 0 Å². The van der Waals surface area contributed by atoms with Gasteiger partial charge in [-0.2, -0.15) is 12.7 Å².